The van der Waals surface area contributed by atoms with Gasteiger partial charge in [0.15, 0.2) is 5.65 Å². The quantitative estimate of drug-likeness (QED) is 0.587. The molecule has 4 heterocycles. The lowest BCUT2D eigenvalue weighted by Gasteiger charge is -1.99. The fourth-order valence-corrected chi connectivity index (χ4v) is 2.68. The van der Waals surface area contributed by atoms with E-state index in [1.807, 2.05) is 16.5 Å². The Morgan fingerprint density at radius 1 is 1.29 bits per heavy atom. The number of H-pyrrole nitrogens is 1. The van der Waals surface area contributed by atoms with Crippen LogP contribution in [0.4, 0.5) is 13.2 Å². The van der Waals surface area contributed by atoms with Gasteiger partial charge in [0.05, 0.1) is 5.39 Å². The maximum absolute atomic E-state index is 12.6. The third-order valence-corrected chi connectivity index (χ3v) is 3.73. The monoisotopic (exact) mass is 310 g/mol. The minimum atomic E-state index is -4.48. The van der Waals surface area contributed by atoms with Crippen LogP contribution in [0.5, 0.6) is 0 Å². The molecule has 0 aliphatic heterocycles. The first-order valence-corrected chi connectivity index (χ1v) is 6.62. The van der Waals surface area contributed by atoms with E-state index in [1.165, 1.54) is 22.2 Å². The number of hydrogen-bond donors (Lipinski definition) is 1. The average molecular weight is 310 g/mol. The molecule has 4 aromatic heterocycles. The van der Waals surface area contributed by atoms with E-state index in [2.05, 4.69) is 20.2 Å². The summed E-state index contributed by atoms with van der Waals surface area (Å²) in [6, 6.07) is 2.72. The summed E-state index contributed by atoms with van der Waals surface area (Å²) in [4.78, 5) is 9.23. The smallest absolute Gasteiger partial charge is 0.273 e. The first-order chi connectivity index (χ1) is 10.0. The van der Waals surface area contributed by atoms with Crippen molar-refractivity contribution in [3.05, 3.63) is 29.5 Å². The molecule has 0 unspecified atom stereocenters. The van der Waals surface area contributed by atoms with Gasteiger partial charge in [-0.2, -0.15) is 18.3 Å². The van der Waals surface area contributed by atoms with Crippen LogP contribution in [0.15, 0.2) is 23.8 Å². The van der Waals surface area contributed by atoms with Gasteiger partial charge in [0.1, 0.15) is 22.5 Å². The Kier molecular flexibility index (Phi) is 2.34. The van der Waals surface area contributed by atoms with Crippen molar-refractivity contribution >= 4 is 27.2 Å². The number of thiophene rings is 1. The summed E-state index contributed by atoms with van der Waals surface area (Å²) in [5, 5.41) is 12.3. The van der Waals surface area contributed by atoms with Crippen LogP contribution in [0.2, 0.25) is 0 Å². The molecule has 6 nitrogen and oxygen atoms in total. The van der Waals surface area contributed by atoms with E-state index in [4.69, 9.17) is 0 Å². The lowest BCUT2D eigenvalue weighted by atomic mass is 10.3. The van der Waals surface area contributed by atoms with Gasteiger partial charge in [-0.1, -0.05) is 0 Å². The largest absolute Gasteiger partial charge is 0.432 e. The lowest BCUT2D eigenvalue weighted by molar-refractivity contribution is -0.141. The number of fused-ring (bicyclic) bond motifs is 3. The zero-order valence-electron chi connectivity index (χ0n) is 10.1. The molecule has 21 heavy (non-hydrogen) atoms. The van der Waals surface area contributed by atoms with Crippen LogP contribution in [0.3, 0.4) is 0 Å². The zero-order chi connectivity index (χ0) is 14.6. The van der Waals surface area contributed by atoms with Crippen molar-refractivity contribution in [3.63, 3.8) is 0 Å². The Balaban J connectivity index is 1.88. The van der Waals surface area contributed by atoms with E-state index in [9.17, 15) is 13.2 Å². The second-order valence-electron chi connectivity index (χ2n) is 4.25. The molecule has 0 amide bonds. The molecule has 4 aromatic rings. The molecule has 0 spiro atoms. The van der Waals surface area contributed by atoms with Gasteiger partial charge < -0.3 is 0 Å². The van der Waals surface area contributed by atoms with E-state index in [1.54, 1.807) is 0 Å². The van der Waals surface area contributed by atoms with Crippen molar-refractivity contribution < 1.29 is 13.2 Å². The summed E-state index contributed by atoms with van der Waals surface area (Å²) in [5.74, 6) is 0.113. The van der Waals surface area contributed by atoms with Crippen LogP contribution < -0.4 is 0 Å². The number of aromatic amines is 1. The number of nitrogens with zero attached hydrogens (tertiary/aromatic N) is 5. The molecule has 0 aliphatic carbocycles. The molecular formula is C11H5F3N6S. The van der Waals surface area contributed by atoms with Crippen LogP contribution >= 0.6 is 11.3 Å². The van der Waals surface area contributed by atoms with Crippen molar-refractivity contribution in [3.8, 4) is 11.5 Å². The van der Waals surface area contributed by atoms with Gasteiger partial charge in [-0.3, -0.25) is 5.10 Å². The molecule has 0 saturated carbocycles. The third-order valence-electron chi connectivity index (χ3n) is 2.91. The number of halogens is 3. The number of alkyl halides is 3. The fourth-order valence-electron chi connectivity index (χ4n) is 1.96. The van der Waals surface area contributed by atoms with Crippen LogP contribution in [0.25, 0.3) is 27.4 Å². The highest BCUT2D eigenvalue weighted by Crippen LogP contribution is 2.30. The topological polar surface area (TPSA) is 71.8 Å². The average Bonchev–Trinajstić information content (AvgIpc) is 3.15. The van der Waals surface area contributed by atoms with Crippen molar-refractivity contribution in [2.24, 2.45) is 0 Å². The van der Waals surface area contributed by atoms with Crippen molar-refractivity contribution in [1.29, 1.82) is 0 Å². The van der Waals surface area contributed by atoms with Crippen LogP contribution in [-0.2, 0) is 6.18 Å². The van der Waals surface area contributed by atoms with Gasteiger partial charge >= 0.3 is 6.18 Å². The predicted octanol–water partition coefficient (Wildman–Crippen LogP) is 2.75. The fraction of sp³-hybridized carbons (Fsp3) is 0.0909. The molecule has 0 fully saturated rings. The molecule has 106 valence electrons. The molecule has 0 atom stereocenters. The van der Waals surface area contributed by atoms with Crippen LogP contribution in [0, 0.1) is 0 Å². The summed E-state index contributed by atoms with van der Waals surface area (Å²) >= 11 is 1.45. The molecule has 0 bridgehead atoms. The lowest BCUT2D eigenvalue weighted by Crippen LogP contribution is -2.04. The zero-order valence-corrected chi connectivity index (χ0v) is 10.9. The van der Waals surface area contributed by atoms with Gasteiger partial charge in [-0.15, -0.1) is 16.4 Å². The molecule has 0 radical (unpaired) electrons. The Labute approximate surface area is 118 Å². The predicted molar refractivity (Wildman–Crippen MR) is 68.7 cm³/mol. The summed E-state index contributed by atoms with van der Waals surface area (Å²) in [7, 11) is 0. The summed E-state index contributed by atoms with van der Waals surface area (Å²) < 4.78 is 39.1. The molecule has 0 saturated heterocycles. The standard InChI is InChI=1S/C11H5F3N6S/c12-11(13,14)7-3-6(17-18-7)8-16-9-5-1-2-21-10(5)15-4-20(9)19-8/h1-4H,(H,17,18). The third kappa shape index (κ3) is 1.87. The first kappa shape index (κ1) is 12.3. The van der Waals surface area contributed by atoms with Crippen molar-refractivity contribution in [2.75, 3.05) is 0 Å². The minimum Gasteiger partial charge on any atom is -0.273 e. The van der Waals surface area contributed by atoms with Gasteiger partial charge in [0.25, 0.3) is 0 Å². The number of rotatable bonds is 1. The summed E-state index contributed by atoms with van der Waals surface area (Å²) in [5.41, 5.74) is -0.364. The Bertz CT molecular complexity index is 950. The van der Waals surface area contributed by atoms with E-state index in [-0.39, 0.29) is 11.5 Å². The number of hydrogen-bond acceptors (Lipinski definition) is 5. The van der Waals surface area contributed by atoms with Crippen molar-refractivity contribution in [2.45, 2.75) is 6.18 Å². The van der Waals surface area contributed by atoms with Crippen LogP contribution in [-0.4, -0.2) is 29.8 Å². The van der Waals surface area contributed by atoms with E-state index >= 15 is 0 Å². The van der Waals surface area contributed by atoms with Gasteiger partial charge in [0, 0.05) is 0 Å². The molecule has 10 heteroatoms. The number of aromatic nitrogens is 6. The Morgan fingerprint density at radius 3 is 2.90 bits per heavy atom. The Hall–Kier alpha value is -2.49. The van der Waals surface area contributed by atoms with Gasteiger partial charge in [0.2, 0.25) is 5.82 Å². The molecule has 0 aromatic carbocycles. The second kappa shape index (κ2) is 4.01. The molecule has 0 aliphatic rings. The second-order valence-corrected chi connectivity index (χ2v) is 5.15. The SMILES string of the molecule is FC(F)(F)c1cc(-c2nc3c4ccsc4ncn3n2)n[nH]1. The molecule has 1 N–H and O–H groups in total. The summed E-state index contributed by atoms with van der Waals surface area (Å²) in [6.07, 6.45) is -3.01. The highest BCUT2D eigenvalue weighted by molar-refractivity contribution is 7.16. The molecule has 4 rings (SSSR count). The van der Waals surface area contributed by atoms with E-state index in [0.717, 1.165) is 16.3 Å². The van der Waals surface area contributed by atoms with E-state index < -0.39 is 11.9 Å². The first-order valence-electron chi connectivity index (χ1n) is 5.74. The maximum Gasteiger partial charge on any atom is 0.432 e. The molecular weight excluding hydrogens is 305 g/mol. The Morgan fingerprint density at radius 2 is 2.14 bits per heavy atom. The normalized spacial score (nSPS) is 12.5. The van der Waals surface area contributed by atoms with E-state index in [0.29, 0.717) is 5.65 Å². The van der Waals surface area contributed by atoms with Gasteiger partial charge in [-0.05, 0) is 17.5 Å². The number of nitrogens with one attached hydrogen (secondary N) is 1. The van der Waals surface area contributed by atoms with Gasteiger partial charge in [-0.25, -0.2) is 14.5 Å². The highest BCUT2D eigenvalue weighted by atomic mass is 32.1. The maximum atomic E-state index is 12.6. The van der Waals surface area contributed by atoms with Crippen molar-refractivity contribution in [1.82, 2.24) is 29.8 Å². The highest BCUT2D eigenvalue weighted by Gasteiger charge is 2.33. The summed E-state index contributed by atoms with van der Waals surface area (Å²) in [6.45, 7) is 0. The van der Waals surface area contributed by atoms with Crippen LogP contribution in [0.1, 0.15) is 5.69 Å². The minimum absolute atomic E-state index is 0.0365.